The third-order valence-electron chi connectivity index (χ3n) is 6.49. The van der Waals surface area contributed by atoms with E-state index in [0.29, 0.717) is 62.0 Å². The van der Waals surface area contributed by atoms with Crippen LogP contribution in [0.1, 0.15) is 18.4 Å². The van der Waals surface area contributed by atoms with Crippen molar-refractivity contribution in [3.05, 3.63) is 59.1 Å². The van der Waals surface area contributed by atoms with E-state index < -0.39 is 26.0 Å². The van der Waals surface area contributed by atoms with E-state index in [4.69, 9.17) is 21.1 Å². The molecule has 13 heteroatoms. The van der Waals surface area contributed by atoms with Gasteiger partial charge >= 0.3 is 0 Å². The van der Waals surface area contributed by atoms with Gasteiger partial charge < -0.3 is 14.8 Å². The van der Waals surface area contributed by atoms with Crippen molar-refractivity contribution >= 4 is 37.6 Å². The minimum atomic E-state index is -3.58. The Bertz CT molecular complexity index is 1310. The van der Waals surface area contributed by atoms with Crippen LogP contribution in [0.2, 0.25) is 5.02 Å². The van der Waals surface area contributed by atoms with E-state index in [9.17, 15) is 21.6 Å². The zero-order valence-corrected chi connectivity index (χ0v) is 23.3. The standard InChI is InChI=1S/C25H32ClN3O7S2/c26-22-5-1-3-20(17-22)19-37(31,32)29-11-2-4-21(18-29)25(30)27-10-14-36-23-6-8-24(9-7-23)38(33,34)28-12-15-35-16-13-28/h1,3,5-9,17,21H,2,4,10-16,18-19H2,(H,27,30)/t21-/m0/s1. The molecule has 0 saturated carbocycles. The number of ether oxygens (including phenoxy) is 2. The van der Waals surface area contributed by atoms with E-state index in [1.807, 2.05) is 0 Å². The predicted octanol–water partition coefficient (Wildman–Crippen LogP) is 2.10. The Kier molecular flexibility index (Phi) is 9.66. The van der Waals surface area contributed by atoms with Crippen LogP contribution in [0.3, 0.4) is 0 Å². The first kappa shape index (κ1) is 28.8. The van der Waals surface area contributed by atoms with E-state index in [1.54, 1.807) is 36.4 Å². The SMILES string of the molecule is O=C(NCCOc1ccc(S(=O)(=O)N2CCOCC2)cc1)[C@H]1CCCN(S(=O)(=O)Cc2cccc(Cl)c2)C1. The zero-order chi connectivity index (χ0) is 27.2. The fourth-order valence-corrected chi connectivity index (χ4v) is 7.69. The largest absolute Gasteiger partial charge is 0.492 e. The van der Waals surface area contributed by atoms with Gasteiger partial charge in [-0.05, 0) is 54.8 Å². The molecule has 0 spiro atoms. The van der Waals surface area contributed by atoms with Gasteiger partial charge in [-0.25, -0.2) is 21.1 Å². The number of sulfonamides is 2. The van der Waals surface area contributed by atoms with Crippen molar-refractivity contribution in [2.45, 2.75) is 23.5 Å². The monoisotopic (exact) mass is 585 g/mol. The molecule has 2 aromatic rings. The summed E-state index contributed by atoms with van der Waals surface area (Å²) in [6.07, 6.45) is 1.21. The molecule has 0 aromatic heterocycles. The van der Waals surface area contributed by atoms with Crippen molar-refractivity contribution in [1.82, 2.24) is 13.9 Å². The number of amides is 1. The second-order valence-electron chi connectivity index (χ2n) is 9.21. The molecule has 2 aromatic carbocycles. The number of piperidine rings is 1. The lowest BCUT2D eigenvalue weighted by Crippen LogP contribution is -2.46. The van der Waals surface area contributed by atoms with Gasteiger partial charge in [0, 0.05) is 31.2 Å². The molecular formula is C25H32ClN3O7S2. The normalized spacial score (nSPS) is 19.7. The van der Waals surface area contributed by atoms with Gasteiger partial charge in [-0.15, -0.1) is 0 Å². The minimum Gasteiger partial charge on any atom is -0.492 e. The molecule has 4 rings (SSSR count). The van der Waals surface area contributed by atoms with Crippen molar-refractivity contribution in [3.63, 3.8) is 0 Å². The van der Waals surface area contributed by atoms with Crippen molar-refractivity contribution in [1.29, 1.82) is 0 Å². The van der Waals surface area contributed by atoms with Gasteiger partial charge in [0.25, 0.3) is 0 Å². The van der Waals surface area contributed by atoms with Crippen LogP contribution in [0.25, 0.3) is 0 Å². The first-order chi connectivity index (χ1) is 18.1. The average molecular weight is 586 g/mol. The fraction of sp³-hybridized carbons (Fsp3) is 0.480. The highest BCUT2D eigenvalue weighted by Gasteiger charge is 2.32. The van der Waals surface area contributed by atoms with Crippen LogP contribution >= 0.6 is 11.6 Å². The molecule has 1 amide bonds. The quantitative estimate of drug-likeness (QED) is 0.424. The van der Waals surface area contributed by atoms with Crippen LogP contribution in [-0.4, -0.2) is 83.9 Å². The summed E-state index contributed by atoms with van der Waals surface area (Å²) in [6.45, 7) is 2.35. The summed E-state index contributed by atoms with van der Waals surface area (Å²) in [7, 11) is -7.16. The molecule has 208 valence electrons. The summed E-state index contributed by atoms with van der Waals surface area (Å²) in [5, 5.41) is 3.29. The topological polar surface area (TPSA) is 122 Å². The maximum atomic E-state index is 12.9. The van der Waals surface area contributed by atoms with Crippen molar-refractivity contribution in [3.8, 4) is 5.75 Å². The van der Waals surface area contributed by atoms with E-state index in [1.165, 1.54) is 20.7 Å². The number of nitrogens with one attached hydrogen (secondary N) is 1. The molecule has 2 fully saturated rings. The zero-order valence-electron chi connectivity index (χ0n) is 20.9. The van der Waals surface area contributed by atoms with Gasteiger partial charge in [-0.3, -0.25) is 4.79 Å². The van der Waals surface area contributed by atoms with E-state index in [2.05, 4.69) is 5.32 Å². The third-order valence-corrected chi connectivity index (χ3v) is 10.5. The maximum absolute atomic E-state index is 12.9. The van der Waals surface area contributed by atoms with Gasteiger partial charge in [-0.1, -0.05) is 23.7 Å². The second-order valence-corrected chi connectivity index (χ2v) is 13.6. The molecule has 0 aliphatic carbocycles. The lowest BCUT2D eigenvalue weighted by molar-refractivity contribution is -0.126. The number of benzene rings is 2. The van der Waals surface area contributed by atoms with E-state index >= 15 is 0 Å². The molecule has 1 atom stereocenters. The predicted molar refractivity (Wildman–Crippen MR) is 143 cm³/mol. The van der Waals surface area contributed by atoms with E-state index in [0.717, 1.165) is 0 Å². The van der Waals surface area contributed by atoms with Crippen LogP contribution in [0, 0.1) is 5.92 Å². The average Bonchev–Trinajstić information content (AvgIpc) is 2.91. The lowest BCUT2D eigenvalue weighted by Gasteiger charge is -2.31. The molecule has 0 radical (unpaired) electrons. The van der Waals surface area contributed by atoms with Crippen molar-refractivity contribution in [2.75, 3.05) is 52.5 Å². The van der Waals surface area contributed by atoms with Gasteiger partial charge in [0.15, 0.2) is 0 Å². The Morgan fingerprint density at radius 2 is 1.76 bits per heavy atom. The van der Waals surface area contributed by atoms with Gasteiger partial charge in [0.05, 0.1) is 36.3 Å². The first-order valence-electron chi connectivity index (χ1n) is 12.5. The Morgan fingerprint density at radius 1 is 1.03 bits per heavy atom. The Labute approximate surface area is 229 Å². The number of rotatable bonds is 10. The number of carbonyl (C=O) groups excluding carboxylic acids is 1. The minimum absolute atomic E-state index is 0.134. The summed E-state index contributed by atoms with van der Waals surface area (Å²) < 4.78 is 64.9. The van der Waals surface area contributed by atoms with Crippen LogP contribution < -0.4 is 10.1 Å². The molecule has 2 saturated heterocycles. The first-order valence-corrected chi connectivity index (χ1v) is 15.9. The summed E-state index contributed by atoms with van der Waals surface area (Å²) in [6, 6.07) is 12.9. The number of halogens is 1. The molecule has 38 heavy (non-hydrogen) atoms. The highest BCUT2D eigenvalue weighted by atomic mass is 35.5. The molecular weight excluding hydrogens is 554 g/mol. The number of hydrogen-bond acceptors (Lipinski definition) is 7. The van der Waals surface area contributed by atoms with E-state index in [-0.39, 0.29) is 36.3 Å². The Hall–Kier alpha value is -2.22. The molecule has 0 bridgehead atoms. The number of morpholine rings is 1. The highest BCUT2D eigenvalue weighted by Crippen LogP contribution is 2.23. The van der Waals surface area contributed by atoms with Crippen LogP contribution in [0.5, 0.6) is 5.75 Å². The smallest absolute Gasteiger partial charge is 0.243 e. The summed E-state index contributed by atoms with van der Waals surface area (Å²) in [4.78, 5) is 12.9. The van der Waals surface area contributed by atoms with Crippen molar-refractivity contribution in [2.24, 2.45) is 5.92 Å². The highest BCUT2D eigenvalue weighted by molar-refractivity contribution is 7.89. The lowest BCUT2D eigenvalue weighted by atomic mass is 9.99. The Balaban J connectivity index is 1.23. The number of hydrogen-bond donors (Lipinski definition) is 1. The molecule has 2 aliphatic rings. The molecule has 0 unspecified atom stereocenters. The second kappa shape index (κ2) is 12.8. The maximum Gasteiger partial charge on any atom is 0.243 e. The van der Waals surface area contributed by atoms with Crippen LogP contribution in [0.4, 0.5) is 0 Å². The van der Waals surface area contributed by atoms with Crippen LogP contribution in [-0.2, 0) is 35.3 Å². The van der Waals surface area contributed by atoms with Crippen molar-refractivity contribution < 1.29 is 31.1 Å². The third kappa shape index (κ3) is 7.45. The molecule has 10 nitrogen and oxygen atoms in total. The molecule has 2 heterocycles. The number of carbonyl (C=O) groups is 1. The molecule has 2 aliphatic heterocycles. The summed E-state index contributed by atoms with van der Waals surface area (Å²) in [5.41, 5.74) is 0.605. The van der Waals surface area contributed by atoms with Crippen LogP contribution in [0.15, 0.2) is 53.4 Å². The van der Waals surface area contributed by atoms with Gasteiger partial charge in [0.2, 0.25) is 26.0 Å². The van der Waals surface area contributed by atoms with Gasteiger partial charge in [0.1, 0.15) is 12.4 Å². The number of nitrogens with zero attached hydrogens (tertiary/aromatic N) is 2. The summed E-state index contributed by atoms with van der Waals surface area (Å²) in [5.74, 6) is -0.343. The fourth-order valence-electron chi connectivity index (χ4n) is 4.47. The molecule has 1 N–H and O–H groups in total. The van der Waals surface area contributed by atoms with Gasteiger partial charge in [-0.2, -0.15) is 4.31 Å². The summed E-state index contributed by atoms with van der Waals surface area (Å²) >= 11 is 5.98. The Morgan fingerprint density at radius 3 is 2.47 bits per heavy atom.